The fourth-order valence-electron chi connectivity index (χ4n) is 0.907. The van der Waals surface area contributed by atoms with Crippen LogP contribution in [0.5, 0.6) is 0 Å². The molecule has 0 aromatic carbocycles. The first kappa shape index (κ1) is 10.9. The molecule has 0 unspecified atom stereocenters. The number of rotatable bonds is 3. The number of carbonyl (C=O) groups is 2. The molecule has 0 fully saturated rings. The molecule has 0 aliphatic carbocycles. The zero-order chi connectivity index (χ0) is 10.7. The van der Waals surface area contributed by atoms with Gasteiger partial charge in [0, 0.05) is 14.1 Å². The highest BCUT2D eigenvalue weighted by Gasteiger charge is 2.11. The molecule has 1 rings (SSSR count). The lowest BCUT2D eigenvalue weighted by molar-refractivity contribution is 0.0861. The maximum atomic E-state index is 11.4. The van der Waals surface area contributed by atoms with Crippen LogP contribution in [0, 0.1) is 0 Å². The number of Topliss-reactive ketones (excluding diaryl/α,β-unsaturated/α-hetero) is 1. The molecule has 1 aromatic heterocycles. The monoisotopic (exact) mass is 212 g/mol. The Morgan fingerprint density at radius 3 is 2.29 bits per heavy atom. The maximum Gasteiger partial charge on any atom is 0.275 e. The average Bonchev–Trinajstić information content (AvgIpc) is 2.50. The molecule has 0 saturated heterocycles. The number of nitrogens with one attached hydrogen (secondary N) is 1. The zero-order valence-electron chi connectivity index (χ0n) is 8.33. The summed E-state index contributed by atoms with van der Waals surface area (Å²) in [6.07, 6.45) is 0. The molecule has 1 aromatic rings. The molecule has 76 valence electrons. The summed E-state index contributed by atoms with van der Waals surface area (Å²) >= 11 is 1.20. The summed E-state index contributed by atoms with van der Waals surface area (Å²) in [5, 5.41) is 1.56. The van der Waals surface area contributed by atoms with E-state index in [1.165, 1.54) is 18.3 Å². The van der Waals surface area contributed by atoms with Crippen molar-refractivity contribution in [2.45, 2.75) is 6.92 Å². The number of ketones is 1. The van der Waals surface area contributed by atoms with Crippen LogP contribution in [0.2, 0.25) is 0 Å². The predicted molar refractivity (Wildman–Crippen MR) is 55.5 cm³/mol. The minimum Gasteiger partial charge on any atom is -0.294 e. The van der Waals surface area contributed by atoms with Gasteiger partial charge >= 0.3 is 0 Å². The van der Waals surface area contributed by atoms with Gasteiger partial charge in [-0.3, -0.25) is 15.0 Å². The van der Waals surface area contributed by atoms with Crippen molar-refractivity contribution in [2.24, 2.45) is 0 Å². The molecule has 14 heavy (non-hydrogen) atoms. The van der Waals surface area contributed by atoms with E-state index in [0.29, 0.717) is 9.75 Å². The van der Waals surface area contributed by atoms with E-state index in [4.69, 9.17) is 0 Å². The van der Waals surface area contributed by atoms with Gasteiger partial charge in [-0.05, 0) is 19.1 Å². The van der Waals surface area contributed by atoms with Crippen molar-refractivity contribution in [3.8, 4) is 0 Å². The minimum atomic E-state index is -0.187. The van der Waals surface area contributed by atoms with Gasteiger partial charge in [0.2, 0.25) is 0 Å². The summed E-state index contributed by atoms with van der Waals surface area (Å²) in [5.74, 6) is -0.202. The number of thiophene rings is 1. The van der Waals surface area contributed by atoms with Crippen molar-refractivity contribution < 1.29 is 9.59 Å². The van der Waals surface area contributed by atoms with Crippen LogP contribution in [-0.2, 0) is 0 Å². The maximum absolute atomic E-state index is 11.4. The SMILES string of the molecule is CC(=O)c1ccc(C(=O)NN(C)C)s1. The predicted octanol–water partition coefficient (Wildman–Crippen LogP) is 1.16. The first-order valence-electron chi connectivity index (χ1n) is 4.10. The van der Waals surface area contributed by atoms with Crippen molar-refractivity contribution in [1.29, 1.82) is 0 Å². The van der Waals surface area contributed by atoms with Crippen LogP contribution in [0.1, 0.15) is 26.3 Å². The number of hydrogen-bond donors (Lipinski definition) is 1. The van der Waals surface area contributed by atoms with E-state index in [1.54, 1.807) is 31.2 Å². The van der Waals surface area contributed by atoms with E-state index in [0.717, 1.165) is 0 Å². The first-order chi connectivity index (χ1) is 6.50. The van der Waals surface area contributed by atoms with Gasteiger partial charge in [0.05, 0.1) is 9.75 Å². The topological polar surface area (TPSA) is 49.4 Å². The Balaban J connectivity index is 2.76. The standard InChI is InChI=1S/C9H12N2O2S/c1-6(12)7-4-5-8(14-7)9(13)10-11(2)3/h4-5H,1-3H3,(H,10,13). The fourth-order valence-corrected chi connectivity index (χ4v) is 1.70. The first-order valence-corrected chi connectivity index (χ1v) is 4.91. The Hall–Kier alpha value is -1.20. The number of hydrogen-bond acceptors (Lipinski definition) is 4. The average molecular weight is 212 g/mol. The third kappa shape index (κ3) is 2.65. The quantitative estimate of drug-likeness (QED) is 0.604. The molecule has 0 radical (unpaired) electrons. The van der Waals surface area contributed by atoms with Crippen LogP contribution < -0.4 is 5.43 Å². The molecule has 0 atom stereocenters. The van der Waals surface area contributed by atoms with E-state index in [2.05, 4.69) is 5.43 Å². The van der Waals surface area contributed by atoms with Crippen molar-refractivity contribution >= 4 is 23.0 Å². The van der Waals surface area contributed by atoms with Gasteiger partial charge in [-0.15, -0.1) is 11.3 Å². The third-order valence-corrected chi connectivity index (χ3v) is 2.69. The summed E-state index contributed by atoms with van der Waals surface area (Å²) in [5.41, 5.74) is 2.60. The summed E-state index contributed by atoms with van der Waals surface area (Å²) in [4.78, 5) is 23.6. The number of amides is 1. The van der Waals surface area contributed by atoms with Gasteiger partial charge in [-0.1, -0.05) is 0 Å². The fraction of sp³-hybridized carbons (Fsp3) is 0.333. The lowest BCUT2D eigenvalue weighted by Gasteiger charge is -2.09. The lowest BCUT2D eigenvalue weighted by Crippen LogP contribution is -2.35. The van der Waals surface area contributed by atoms with Crippen LogP contribution in [0.25, 0.3) is 0 Å². The lowest BCUT2D eigenvalue weighted by atomic mass is 10.3. The summed E-state index contributed by atoms with van der Waals surface area (Å²) in [7, 11) is 3.47. The molecular formula is C9H12N2O2S. The van der Waals surface area contributed by atoms with Gasteiger partial charge in [-0.25, -0.2) is 5.01 Å². The van der Waals surface area contributed by atoms with Gasteiger partial charge in [0.15, 0.2) is 5.78 Å². The Morgan fingerprint density at radius 2 is 1.86 bits per heavy atom. The number of carbonyl (C=O) groups excluding carboxylic acids is 2. The van der Waals surface area contributed by atoms with Crippen molar-refractivity contribution in [1.82, 2.24) is 10.4 Å². The summed E-state index contributed by atoms with van der Waals surface area (Å²) < 4.78 is 0. The largest absolute Gasteiger partial charge is 0.294 e. The molecule has 0 spiro atoms. The summed E-state index contributed by atoms with van der Waals surface area (Å²) in [6, 6.07) is 3.32. The van der Waals surface area contributed by atoms with Crippen molar-refractivity contribution in [3.05, 3.63) is 21.9 Å². The smallest absolute Gasteiger partial charge is 0.275 e. The van der Waals surface area contributed by atoms with E-state index in [9.17, 15) is 9.59 Å². The Kier molecular flexibility index (Phi) is 3.38. The molecule has 4 nitrogen and oxygen atoms in total. The molecule has 1 N–H and O–H groups in total. The van der Waals surface area contributed by atoms with Gasteiger partial charge in [0.1, 0.15) is 0 Å². The number of hydrazine groups is 1. The van der Waals surface area contributed by atoms with Crippen LogP contribution >= 0.6 is 11.3 Å². The molecule has 0 bridgehead atoms. The van der Waals surface area contributed by atoms with Gasteiger partial charge < -0.3 is 0 Å². The van der Waals surface area contributed by atoms with Crippen LogP contribution in [0.15, 0.2) is 12.1 Å². The van der Waals surface area contributed by atoms with E-state index >= 15 is 0 Å². The second-order valence-electron chi connectivity index (χ2n) is 3.06. The van der Waals surface area contributed by atoms with E-state index in [1.807, 2.05) is 0 Å². The van der Waals surface area contributed by atoms with Crippen LogP contribution in [0.4, 0.5) is 0 Å². The molecule has 1 heterocycles. The van der Waals surface area contributed by atoms with Crippen LogP contribution in [0.3, 0.4) is 0 Å². The van der Waals surface area contributed by atoms with E-state index < -0.39 is 0 Å². The third-order valence-electron chi connectivity index (χ3n) is 1.50. The highest BCUT2D eigenvalue weighted by atomic mass is 32.1. The molecule has 0 aliphatic rings. The molecule has 0 saturated carbocycles. The van der Waals surface area contributed by atoms with Crippen molar-refractivity contribution in [3.63, 3.8) is 0 Å². The van der Waals surface area contributed by atoms with Crippen molar-refractivity contribution in [2.75, 3.05) is 14.1 Å². The molecule has 5 heteroatoms. The van der Waals surface area contributed by atoms with E-state index in [-0.39, 0.29) is 11.7 Å². The summed E-state index contributed by atoms with van der Waals surface area (Å²) in [6.45, 7) is 1.49. The highest BCUT2D eigenvalue weighted by Crippen LogP contribution is 2.16. The Bertz CT molecular complexity index is 357. The Labute approximate surface area is 86.5 Å². The highest BCUT2D eigenvalue weighted by molar-refractivity contribution is 7.15. The zero-order valence-corrected chi connectivity index (χ0v) is 9.14. The molecule has 0 aliphatic heterocycles. The second kappa shape index (κ2) is 4.34. The van der Waals surface area contributed by atoms with Gasteiger partial charge in [-0.2, -0.15) is 0 Å². The molecular weight excluding hydrogens is 200 g/mol. The van der Waals surface area contributed by atoms with Gasteiger partial charge in [0.25, 0.3) is 5.91 Å². The molecule has 1 amide bonds. The number of nitrogens with zero attached hydrogens (tertiary/aromatic N) is 1. The Morgan fingerprint density at radius 1 is 1.29 bits per heavy atom. The van der Waals surface area contributed by atoms with Crippen LogP contribution in [-0.4, -0.2) is 30.8 Å². The minimum absolute atomic E-state index is 0.0149. The second-order valence-corrected chi connectivity index (χ2v) is 4.14. The normalized spacial score (nSPS) is 10.3.